The van der Waals surface area contributed by atoms with Crippen molar-refractivity contribution in [3.05, 3.63) is 101 Å². The Morgan fingerprint density at radius 1 is 0.829 bits per heavy atom. The summed E-state index contributed by atoms with van der Waals surface area (Å²) in [5.74, 6) is -4.74. The van der Waals surface area contributed by atoms with Crippen LogP contribution < -0.4 is 4.74 Å². The number of ether oxygens (including phenoxy) is 1. The van der Waals surface area contributed by atoms with E-state index >= 15 is 0 Å². The summed E-state index contributed by atoms with van der Waals surface area (Å²) in [5, 5.41) is 0.456. The Balaban J connectivity index is 1.86. The summed E-state index contributed by atoms with van der Waals surface area (Å²) in [6, 6.07) is 13.6. The van der Waals surface area contributed by atoms with Crippen LogP contribution >= 0.6 is 11.6 Å². The lowest BCUT2D eigenvalue weighted by Gasteiger charge is -2.12. The third-order valence-electron chi connectivity index (χ3n) is 5.19. The van der Waals surface area contributed by atoms with E-state index in [1.54, 1.807) is 24.3 Å². The summed E-state index contributed by atoms with van der Waals surface area (Å²) in [5.41, 5.74) is -0.389. The van der Waals surface area contributed by atoms with E-state index in [0.29, 0.717) is 11.8 Å². The molecule has 0 aliphatic heterocycles. The smallest absolute Gasteiger partial charge is 0.324 e. The minimum atomic E-state index is -1.02. The van der Waals surface area contributed by atoms with Crippen molar-refractivity contribution in [2.75, 3.05) is 0 Å². The average molecular weight is 498 g/mol. The van der Waals surface area contributed by atoms with E-state index < -0.39 is 40.7 Å². The van der Waals surface area contributed by atoms with Gasteiger partial charge in [0.25, 0.3) is 0 Å². The molecule has 0 atom stereocenters. The number of fused-ring (bicyclic) bond motifs is 1. The Morgan fingerprint density at radius 3 is 2.09 bits per heavy atom. The zero-order valence-corrected chi connectivity index (χ0v) is 18.2. The van der Waals surface area contributed by atoms with Crippen molar-refractivity contribution in [3.8, 4) is 28.7 Å². The van der Waals surface area contributed by atoms with Gasteiger partial charge in [0.1, 0.15) is 17.3 Å². The topological polar surface area (TPSA) is 57.0 Å². The first kappa shape index (κ1) is 22.5. The molecule has 0 aliphatic carbocycles. The number of benzene rings is 3. The van der Waals surface area contributed by atoms with Gasteiger partial charge in [-0.1, -0.05) is 41.9 Å². The summed E-state index contributed by atoms with van der Waals surface area (Å²) in [4.78, 5) is 20.3. The largest absolute Gasteiger partial charge is 0.418 e. The number of halogens is 5. The lowest BCUT2D eigenvalue weighted by molar-refractivity contribution is 0.111. The van der Waals surface area contributed by atoms with Gasteiger partial charge in [0.05, 0.1) is 11.4 Å². The van der Waals surface area contributed by atoms with E-state index in [-0.39, 0.29) is 27.4 Å². The second-order valence-corrected chi connectivity index (χ2v) is 7.72. The second kappa shape index (κ2) is 8.84. The first-order valence-electron chi connectivity index (χ1n) is 10.1. The van der Waals surface area contributed by atoms with Crippen molar-refractivity contribution in [1.29, 1.82) is 0 Å². The van der Waals surface area contributed by atoms with Gasteiger partial charge in [0.15, 0.2) is 23.6 Å². The molecular weight excluding hydrogens is 486 g/mol. The van der Waals surface area contributed by atoms with Gasteiger partial charge >= 0.3 is 6.01 Å². The maximum absolute atomic E-state index is 14.7. The van der Waals surface area contributed by atoms with E-state index in [1.807, 2.05) is 0 Å². The maximum atomic E-state index is 14.7. The van der Waals surface area contributed by atoms with Gasteiger partial charge in [-0.3, -0.25) is 9.36 Å². The molecule has 5 aromatic rings. The fraction of sp³-hybridized carbons (Fsp3) is 0. The highest BCUT2D eigenvalue weighted by molar-refractivity contribution is 6.33. The number of aromatic nitrogens is 3. The van der Waals surface area contributed by atoms with Crippen molar-refractivity contribution in [2.45, 2.75) is 0 Å². The molecule has 3 aromatic carbocycles. The van der Waals surface area contributed by atoms with Gasteiger partial charge in [0.2, 0.25) is 5.75 Å². The molecule has 0 amide bonds. The summed E-state index contributed by atoms with van der Waals surface area (Å²) in [7, 11) is 0. The first-order chi connectivity index (χ1) is 16.9. The highest BCUT2D eigenvalue weighted by Crippen LogP contribution is 2.37. The van der Waals surface area contributed by atoms with E-state index in [0.717, 1.165) is 34.9 Å². The van der Waals surface area contributed by atoms with Crippen LogP contribution in [-0.2, 0) is 0 Å². The van der Waals surface area contributed by atoms with E-state index in [4.69, 9.17) is 16.3 Å². The van der Waals surface area contributed by atoms with Gasteiger partial charge in [0, 0.05) is 16.0 Å². The van der Waals surface area contributed by atoms with Gasteiger partial charge in [-0.15, -0.1) is 0 Å². The molecule has 0 unspecified atom stereocenters. The Bertz CT molecular complexity index is 1580. The molecule has 0 fully saturated rings. The van der Waals surface area contributed by atoms with E-state index in [9.17, 15) is 22.4 Å². The third kappa shape index (κ3) is 3.89. The minimum absolute atomic E-state index is 0.117. The number of hydrogen-bond donors (Lipinski definition) is 0. The molecule has 0 radical (unpaired) electrons. The normalized spacial score (nSPS) is 11.1. The molecule has 5 rings (SSSR count). The Kier molecular flexibility index (Phi) is 5.70. The molecule has 10 heteroatoms. The molecule has 2 aromatic heterocycles. The molecule has 0 saturated carbocycles. The van der Waals surface area contributed by atoms with Crippen molar-refractivity contribution >= 4 is 28.9 Å². The first-order valence-corrected chi connectivity index (χ1v) is 10.5. The number of para-hydroxylation sites is 2. The number of nitrogens with zero attached hydrogens (tertiary/aromatic N) is 3. The van der Waals surface area contributed by atoms with Crippen LogP contribution in [0.25, 0.3) is 28.0 Å². The van der Waals surface area contributed by atoms with Crippen LogP contribution in [-0.4, -0.2) is 20.8 Å². The molecule has 2 heterocycles. The second-order valence-electron chi connectivity index (χ2n) is 7.32. The molecule has 174 valence electrons. The number of rotatable bonds is 5. The number of aldehydes is 1. The lowest BCUT2D eigenvalue weighted by atomic mass is 10.1. The molecule has 0 N–H and O–H groups in total. The van der Waals surface area contributed by atoms with Crippen molar-refractivity contribution in [1.82, 2.24) is 14.5 Å². The average Bonchev–Trinajstić information content (AvgIpc) is 3.20. The lowest BCUT2D eigenvalue weighted by Crippen LogP contribution is -2.07. The molecule has 35 heavy (non-hydrogen) atoms. The molecule has 0 saturated heterocycles. The van der Waals surface area contributed by atoms with Crippen molar-refractivity contribution in [3.63, 3.8) is 0 Å². The van der Waals surface area contributed by atoms with E-state index in [1.165, 1.54) is 12.1 Å². The van der Waals surface area contributed by atoms with Crippen molar-refractivity contribution < 1.29 is 27.1 Å². The standard InChI is InChI=1S/C25H12ClF4N3O2/c26-16-6-2-1-5-14(16)21-15-11-13(12-34)33(22-17(27)7-3-8-18(22)28)24(15)32-25(31-21)35-23-19(29)9-4-10-20(23)30/h1-12H. The van der Waals surface area contributed by atoms with Crippen LogP contribution in [0.3, 0.4) is 0 Å². The molecular formula is C25H12ClF4N3O2. The zero-order valence-electron chi connectivity index (χ0n) is 17.5. The minimum Gasteiger partial charge on any atom is -0.418 e. The van der Waals surface area contributed by atoms with Crippen LogP contribution in [0.4, 0.5) is 17.6 Å². The van der Waals surface area contributed by atoms with Gasteiger partial charge in [-0.25, -0.2) is 17.6 Å². The van der Waals surface area contributed by atoms with Gasteiger partial charge in [-0.2, -0.15) is 9.97 Å². The van der Waals surface area contributed by atoms with Crippen LogP contribution in [0.5, 0.6) is 11.8 Å². The summed E-state index contributed by atoms with van der Waals surface area (Å²) >= 11 is 6.35. The Labute approximate surface area is 200 Å². The van der Waals surface area contributed by atoms with Crippen LogP contribution in [0.1, 0.15) is 10.5 Å². The summed E-state index contributed by atoms with van der Waals surface area (Å²) < 4.78 is 64.2. The van der Waals surface area contributed by atoms with Gasteiger partial charge < -0.3 is 4.74 Å². The van der Waals surface area contributed by atoms with Crippen LogP contribution in [0.2, 0.25) is 5.02 Å². The SMILES string of the molecule is O=Cc1cc2c(-c3ccccc3Cl)nc(Oc3c(F)cccc3F)nc2n1-c1c(F)cccc1F. The molecule has 0 spiro atoms. The predicted octanol–water partition coefficient (Wildman–Crippen LogP) is 6.90. The summed E-state index contributed by atoms with van der Waals surface area (Å²) in [6.07, 6.45) is 0.390. The van der Waals surface area contributed by atoms with Crippen LogP contribution in [0.15, 0.2) is 66.7 Å². The quantitative estimate of drug-likeness (QED) is 0.196. The number of hydrogen-bond acceptors (Lipinski definition) is 4. The predicted molar refractivity (Wildman–Crippen MR) is 121 cm³/mol. The monoisotopic (exact) mass is 497 g/mol. The van der Waals surface area contributed by atoms with Gasteiger partial charge in [-0.05, 0) is 36.4 Å². The Hall–Kier alpha value is -4.24. The number of carbonyl (C=O) groups excluding carboxylic acids is 1. The fourth-order valence-electron chi connectivity index (χ4n) is 3.68. The zero-order chi connectivity index (χ0) is 24.7. The maximum Gasteiger partial charge on any atom is 0.324 e. The summed E-state index contributed by atoms with van der Waals surface area (Å²) in [6.45, 7) is 0. The fourth-order valence-corrected chi connectivity index (χ4v) is 3.90. The molecule has 5 nitrogen and oxygen atoms in total. The molecule has 0 aliphatic rings. The van der Waals surface area contributed by atoms with E-state index in [2.05, 4.69) is 9.97 Å². The Morgan fingerprint density at radius 2 is 1.46 bits per heavy atom. The highest BCUT2D eigenvalue weighted by atomic mass is 35.5. The molecule has 0 bridgehead atoms. The highest BCUT2D eigenvalue weighted by Gasteiger charge is 2.24. The third-order valence-corrected chi connectivity index (χ3v) is 5.52. The van der Waals surface area contributed by atoms with Crippen LogP contribution in [0, 0.1) is 23.3 Å². The number of carbonyl (C=O) groups is 1. The van der Waals surface area contributed by atoms with Crippen molar-refractivity contribution in [2.24, 2.45) is 0 Å².